The number of nitrogens with zero attached hydrogens (tertiary/aromatic N) is 4. The molecule has 160 valence electrons. The van der Waals surface area contributed by atoms with E-state index in [1.807, 2.05) is 0 Å². The van der Waals surface area contributed by atoms with Gasteiger partial charge >= 0.3 is 6.18 Å². The Morgan fingerprint density at radius 3 is 2.77 bits per heavy atom. The van der Waals surface area contributed by atoms with E-state index in [2.05, 4.69) is 31.4 Å². The van der Waals surface area contributed by atoms with Crippen LogP contribution in [0.25, 0.3) is 0 Å². The van der Waals surface area contributed by atoms with Crippen molar-refractivity contribution >= 4 is 39.1 Å². The molecule has 0 radical (unpaired) electrons. The van der Waals surface area contributed by atoms with Crippen molar-refractivity contribution in [1.82, 2.24) is 19.6 Å². The second kappa shape index (κ2) is 8.68. The van der Waals surface area contributed by atoms with Gasteiger partial charge in [-0.15, -0.1) is 0 Å². The minimum atomic E-state index is -4.63. The summed E-state index contributed by atoms with van der Waals surface area (Å²) >= 11 is 8.79. The highest BCUT2D eigenvalue weighted by molar-refractivity contribution is 9.10. The first-order valence-corrected chi connectivity index (χ1v) is 9.77. The van der Waals surface area contributed by atoms with Crippen molar-refractivity contribution in [2.45, 2.75) is 32.8 Å². The average Bonchev–Trinajstić information content (AvgIpc) is 3.24. The Balaban J connectivity index is 1.65. The van der Waals surface area contributed by atoms with Gasteiger partial charge in [-0.25, -0.2) is 4.68 Å². The van der Waals surface area contributed by atoms with Crippen LogP contribution in [0.2, 0.25) is 5.02 Å². The van der Waals surface area contributed by atoms with E-state index in [4.69, 9.17) is 16.3 Å². The van der Waals surface area contributed by atoms with Gasteiger partial charge < -0.3 is 10.1 Å². The van der Waals surface area contributed by atoms with Crippen LogP contribution < -0.4 is 10.1 Å². The van der Waals surface area contributed by atoms with Gasteiger partial charge in [0.05, 0.1) is 28.2 Å². The summed E-state index contributed by atoms with van der Waals surface area (Å²) in [6, 6.07) is 5.86. The number of benzene rings is 1. The number of carbonyl (C=O) groups excluding carboxylic acids is 1. The van der Waals surface area contributed by atoms with Crippen LogP contribution in [0, 0.1) is 6.92 Å². The number of rotatable bonds is 6. The number of hydrogen-bond donors (Lipinski definition) is 1. The molecular formula is C18H16BrClF3N5O2. The molecular weight excluding hydrogens is 491 g/mol. The zero-order valence-corrected chi connectivity index (χ0v) is 18.1. The third-order valence-corrected chi connectivity index (χ3v) is 5.34. The quantitative estimate of drug-likeness (QED) is 0.507. The van der Waals surface area contributed by atoms with Crippen molar-refractivity contribution in [3.8, 4) is 5.75 Å². The number of halogens is 5. The van der Waals surface area contributed by atoms with E-state index >= 15 is 0 Å². The maximum absolute atomic E-state index is 13.0. The van der Waals surface area contributed by atoms with E-state index in [-0.39, 0.29) is 16.9 Å². The highest BCUT2D eigenvalue weighted by Gasteiger charge is 2.39. The predicted octanol–water partition coefficient (Wildman–Crippen LogP) is 5.06. The summed E-state index contributed by atoms with van der Waals surface area (Å²) in [5, 5.41) is 10.8. The highest BCUT2D eigenvalue weighted by Crippen LogP contribution is 2.36. The Bertz CT molecular complexity index is 1070. The molecule has 1 unspecified atom stereocenters. The molecule has 0 bridgehead atoms. The fourth-order valence-electron chi connectivity index (χ4n) is 2.61. The minimum Gasteiger partial charge on any atom is -0.471 e. The lowest BCUT2D eigenvalue weighted by atomic mass is 10.3. The van der Waals surface area contributed by atoms with Gasteiger partial charge in [-0.2, -0.15) is 23.4 Å². The van der Waals surface area contributed by atoms with Gasteiger partial charge in [0.15, 0.2) is 12.4 Å². The van der Waals surface area contributed by atoms with Gasteiger partial charge in [-0.3, -0.25) is 9.48 Å². The monoisotopic (exact) mass is 505 g/mol. The molecule has 0 aliphatic rings. The van der Waals surface area contributed by atoms with Crippen molar-refractivity contribution in [2.75, 3.05) is 5.32 Å². The maximum Gasteiger partial charge on any atom is 0.436 e. The smallest absolute Gasteiger partial charge is 0.436 e. The summed E-state index contributed by atoms with van der Waals surface area (Å²) in [4.78, 5) is 12.5. The highest BCUT2D eigenvalue weighted by atomic mass is 79.9. The summed E-state index contributed by atoms with van der Waals surface area (Å²) in [6.07, 6.45) is -1.70. The second-order valence-electron chi connectivity index (χ2n) is 6.35. The number of amides is 1. The van der Waals surface area contributed by atoms with E-state index in [0.29, 0.717) is 16.5 Å². The summed E-state index contributed by atoms with van der Waals surface area (Å²) in [7, 11) is 0. The van der Waals surface area contributed by atoms with E-state index in [1.54, 1.807) is 24.3 Å². The molecule has 1 aromatic carbocycles. The van der Waals surface area contributed by atoms with Crippen molar-refractivity contribution in [3.63, 3.8) is 0 Å². The van der Waals surface area contributed by atoms with Crippen LogP contribution in [0.5, 0.6) is 5.75 Å². The normalized spacial score (nSPS) is 12.6. The van der Waals surface area contributed by atoms with E-state index in [9.17, 15) is 18.0 Å². The molecule has 7 nitrogen and oxygen atoms in total. The van der Waals surface area contributed by atoms with Crippen LogP contribution >= 0.6 is 27.5 Å². The predicted molar refractivity (Wildman–Crippen MR) is 107 cm³/mol. The number of alkyl halides is 3. The number of anilines is 1. The zero-order valence-electron chi connectivity index (χ0n) is 15.7. The van der Waals surface area contributed by atoms with E-state index in [0.717, 1.165) is 4.68 Å². The van der Waals surface area contributed by atoms with Gasteiger partial charge in [0.1, 0.15) is 11.8 Å². The third kappa shape index (κ3) is 4.96. The van der Waals surface area contributed by atoms with Crippen LogP contribution in [0.15, 0.2) is 41.1 Å². The van der Waals surface area contributed by atoms with Crippen molar-refractivity contribution in [2.24, 2.45) is 0 Å². The fourth-order valence-corrected chi connectivity index (χ4v) is 3.28. The van der Waals surface area contributed by atoms with E-state index < -0.39 is 23.8 Å². The van der Waals surface area contributed by atoms with Crippen molar-refractivity contribution in [3.05, 3.63) is 57.5 Å². The van der Waals surface area contributed by atoms with Crippen LogP contribution in [-0.4, -0.2) is 25.5 Å². The SMILES string of the molecule is Cc1c(Br)c(C(F)(F)F)nn1C(C)C(=O)Nc1cnn(COc2cccc(Cl)c2)c1. The maximum atomic E-state index is 13.0. The lowest BCUT2D eigenvalue weighted by Crippen LogP contribution is -2.25. The lowest BCUT2D eigenvalue weighted by molar-refractivity contribution is -0.142. The first kappa shape index (κ1) is 22.2. The molecule has 0 spiro atoms. The van der Waals surface area contributed by atoms with Crippen molar-refractivity contribution in [1.29, 1.82) is 0 Å². The molecule has 1 N–H and O–H groups in total. The van der Waals surface area contributed by atoms with Crippen LogP contribution in [0.3, 0.4) is 0 Å². The van der Waals surface area contributed by atoms with Gasteiger partial charge in [0, 0.05) is 5.02 Å². The van der Waals surface area contributed by atoms with E-state index in [1.165, 1.54) is 30.9 Å². The summed E-state index contributed by atoms with van der Waals surface area (Å²) in [5.41, 5.74) is -0.525. The van der Waals surface area contributed by atoms with Gasteiger partial charge in [-0.1, -0.05) is 17.7 Å². The van der Waals surface area contributed by atoms with Crippen molar-refractivity contribution < 1.29 is 22.7 Å². The zero-order chi connectivity index (χ0) is 22.1. The average molecular weight is 507 g/mol. The summed E-state index contributed by atoms with van der Waals surface area (Å²) in [6.45, 7) is 2.97. The third-order valence-electron chi connectivity index (χ3n) is 4.15. The van der Waals surface area contributed by atoms with Crippen LogP contribution in [0.1, 0.15) is 24.4 Å². The Morgan fingerprint density at radius 2 is 2.13 bits per heavy atom. The molecule has 0 fully saturated rings. The Kier molecular flexibility index (Phi) is 6.41. The molecule has 0 saturated heterocycles. The number of nitrogens with one attached hydrogen (secondary N) is 1. The fraction of sp³-hybridized carbons (Fsp3) is 0.278. The molecule has 2 aromatic heterocycles. The largest absolute Gasteiger partial charge is 0.471 e. The first-order valence-electron chi connectivity index (χ1n) is 8.59. The Labute approximate surface area is 182 Å². The molecule has 0 aliphatic carbocycles. The molecule has 2 heterocycles. The summed E-state index contributed by atoms with van der Waals surface area (Å²) in [5.74, 6) is 0.00884. The number of carbonyl (C=O) groups is 1. The molecule has 0 saturated carbocycles. The summed E-state index contributed by atoms with van der Waals surface area (Å²) < 4.78 is 46.9. The van der Waals surface area contributed by atoms with Gasteiger partial charge in [0.2, 0.25) is 5.91 Å². The molecule has 3 rings (SSSR count). The second-order valence-corrected chi connectivity index (χ2v) is 7.58. The van der Waals surface area contributed by atoms with Gasteiger partial charge in [0.25, 0.3) is 0 Å². The van der Waals surface area contributed by atoms with Crippen LogP contribution in [-0.2, 0) is 17.7 Å². The van der Waals surface area contributed by atoms with Gasteiger partial charge in [-0.05, 0) is 48.0 Å². The minimum absolute atomic E-state index is 0.0753. The molecule has 12 heteroatoms. The molecule has 3 aromatic rings. The Hall–Kier alpha value is -2.53. The molecule has 1 amide bonds. The molecule has 30 heavy (non-hydrogen) atoms. The number of hydrogen-bond acceptors (Lipinski definition) is 4. The lowest BCUT2D eigenvalue weighted by Gasteiger charge is -2.13. The number of aromatic nitrogens is 4. The van der Waals surface area contributed by atoms with Crippen LogP contribution in [0.4, 0.5) is 18.9 Å². The Morgan fingerprint density at radius 1 is 1.40 bits per heavy atom. The topological polar surface area (TPSA) is 74.0 Å². The first-order chi connectivity index (χ1) is 14.1. The molecule has 1 atom stereocenters. The number of ether oxygens (including phenoxy) is 1. The standard InChI is InChI=1S/C18H16BrClF3N5O2/c1-10-15(19)16(18(21,22)23)26-28(10)11(2)17(29)25-13-7-24-27(8-13)9-30-14-5-3-4-12(20)6-14/h3-8,11H,9H2,1-2H3,(H,25,29). The molecule has 0 aliphatic heterocycles.